The molecule has 0 aromatic heterocycles. The largest absolute Gasteiger partial charge is 0.479 e. The average Bonchev–Trinajstić information content (AvgIpc) is 2.56. The van der Waals surface area contributed by atoms with Crippen molar-refractivity contribution in [3.63, 3.8) is 0 Å². The van der Waals surface area contributed by atoms with Crippen LogP contribution in [0.1, 0.15) is 104 Å². The van der Waals surface area contributed by atoms with Crippen molar-refractivity contribution in [3.8, 4) is 0 Å². The van der Waals surface area contributed by atoms with Crippen LogP contribution >= 0.6 is 12.6 Å². The van der Waals surface area contributed by atoms with Crippen molar-refractivity contribution in [2.45, 2.75) is 109 Å². The van der Waals surface area contributed by atoms with Crippen LogP contribution in [0.5, 0.6) is 0 Å². The molecule has 0 aliphatic heterocycles. The van der Waals surface area contributed by atoms with Crippen LogP contribution in [0.2, 0.25) is 0 Å². The van der Waals surface area contributed by atoms with Crippen molar-refractivity contribution in [1.29, 1.82) is 0 Å². The molecule has 0 saturated carbocycles. The summed E-state index contributed by atoms with van der Waals surface area (Å²) >= 11 is 3.87. The molecule has 5 heteroatoms. The van der Waals surface area contributed by atoms with E-state index in [2.05, 4.69) is 26.5 Å². The Balaban J connectivity index is 4.50. The Kier molecular flexibility index (Phi) is 14.3. The highest BCUT2D eigenvalue weighted by Gasteiger charge is 2.46. The Bertz CT molecular complexity index is 373. The first kappa shape index (κ1) is 24.5. The standard InChI is InChI=1S/C20H38O4S/c1-3-5-7-9-11-13-15-17(18(21)25)20(24,19(22)23)16-14-12-10-8-6-4-2/h17,24H,3-16H2,1-2H3,(H,21,25)(H,22,23). The van der Waals surface area contributed by atoms with E-state index >= 15 is 0 Å². The van der Waals surface area contributed by atoms with Crippen molar-refractivity contribution in [2.24, 2.45) is 5.92 Å². The van der Waals surface area contributed by atoms with Gasteiger partial charge in [0.1, 0.15) is 0 Å². The molecule has 0 heterocycles. The van der Waals surface area contributed by atoms with Gasteiger partial charge in [-0.1, -0.05) is 84.5 Å². The van der Waals surface area contributed by atoms with Gasteiger partial charge in [0.05, 0.1) is 5.92 Å². The second kappa shape index (κ2) is 14.6. The van der Waals surface area contributed by atoms with Gasteiger partial charge in [0.25, 0.3) is 0 Å². The Morgan fingerprint density at radius 2 is 1.28 bits per heavy atom. The van der Waals surface area contributed by atoms with E-state index in [-0.39, 0.29) is 6.42 Å². The highest BCUT2D eigenvalue weighted by molar-refractivity contribution is 7.96. The first-order valence-electron chi connectivity index (χ1n) is 10.1. The number of aliphatic carboxylic acids is 1. The molecule has 2 unspecified atom stereocenters. The summed E-state index contributed by atoms with van der Waals surface area (Å²) in [6, 6.07) is 0. The predicted molar refractivity (Wildman–Crippen MR) is 106 cm³/mol. The molecule has 0 spiro atoms. The Morgan fingerprint density at radius 1 is 0.840 bits per heavy atom. The summed E-state index contributed by atoms with van der Waals surface area (Å²) in [6.45, 7) is 4.30. The molecular weight excluding hydrogens is 336 g/mol. The first-order chi connectivity index (χ1) is 11.9. The SMILES string of the molecule is CCCCCCCCC(C(=O)S)C(O)(CCCCCCCC)C(=O)O. The zero-order chi connectivity index (χ0) is 19.1. The van der Waals surface area contributed by atoms with Crippen LogP contribution in [-0.2, 0) is 9.59 Å². The lowest BCUT2D eigenvalue weighted by atomic mass is 9.80. The zero-order valence-corrected chi connectivity index (χ0v) is 17.0. The van der Waals surface area contributed by atoms with Crippen LogP contribution < -0.4 is 0 Å². The van der Waals surface area contributed by atoms with Gasteiger partial charge in [0, 0.05) is 0 Å². The van der Waals surface area contributed by atoms with Gasteiger partial charge in [0.15, 0.2) is 10.7 Å². The highest BCUT2D eigenvalue weighted by atomic mass is 32.1. The first-order valence-corrected chi connectivity index (χ1v) is 10.5. The van der Waals surface area contributed by atoms with Crippen molar-refractivity contribution >= 4 is 23.7 Å². The van der Waals surface area contributed by atoms with Gasteiger partial charge in [-0.15, -0.1) is 12.6 Å². The van der Waals surface area contributed by atoms with Gasteiger partial charge in [-0.25, -0.2) is 4.79 Å². The van der Waals surface area contributed by atoms with Crippen molar-refractivity contribution in [2.75, 3.05) is 0 Å². The lowest BCUT2D eigenvalue weighted by Gasteiger charge is -2.30. The van der Waals surface area contributed by atoms with Crippen molar-refractivity contribution in [3.05, 3.63) is 0 Å². The topological polar surface area (TPSA) is 74.6 Å². The molecule has 0 radical (unpaired) electrons. The van der Waals surface area contributed by atoms with E-state index < -0.39 is 22.6 Å². The van der Waals surface area contributed by atoms with Crippen molar-refractivity contribution in [1.82, 2.24) is 0 Å². The number of hydrogen-bond donors (Lipinski definition) is 3. The summed E-state index contributed by atoms with van der Waals surface area (Å²) in [5.41, 5.74) is -1.98. The number of rotatable bonds is 17. The number of unbranched alkanes of at least 4 members (excludes halogenated alkanes) is 10. The molecule has 0 aliphatic rings. The Hall–Kier alpha value is -0.550. The van der Waals surface area contributed by atoms with E-state index in [1.165, 1.54) is 19.3 Å². The van der Waals surface area contributed by atoms with Crippen LogP contribution in [0.3, 0.4) is 0 Å². The second-order valence-corrected chi connectivity index (χ2v) is 7.64. The minimum atomic E-state index is -1.98. The minimum absolute atomic E-state index is 0.126. The van der Waals surface area contributed by atoms with E-state index in [1.807, 2.05) is 0 Å². The highest BCUT2D eigenvalue weighted by Crippen LogP contribution is 2.31. The molecule has 2 N–H and O–H groups in total. The second-order valence-electron chi connectivity index (χ2n) is 7.19. The summed E-state index contributed by atoms with van der Waals surface area (Å²) < 4.78 is 0. The van der Waals surface area contributed by atoms with Gasteiger partial charge in [-0.3, -0.25) is 4.79 Å². The Morgan fingerprint density at radius 3 is 1.72 bits per heavy atom. The van der Waals surface area contributed by atoms with Crippen LogP contribution in [0.4, 0.5) is 0 Å². The molecule has 148 valence electrons. The molecule has 0 aromatic rings. The van der Waals surface area contributed by atoms with Gasteiger partial charge in [-0.2, -0.15) is 0 Å². The van der Waals surface area contributed by atoms with Crippen molar-refractivity contribution < 1.29 is 19.8 Å². The fraction of sp³-hybridized carbons (Fsp3) is 0.900. The summed E-state index contributed by atoms with van der Waals surface area (Å²) in [5, 5.41) is 19.7. The third kappa shape index (κ3) is 10.2. The maximum atomic E-state index is 11.9. The minimum Gasteiger partial charge on any atom is -0.479 e. The molecule has 0 amide bonds. The molecule has 0 aliphatic carbocycles. The molecule has 25 heavy (non-hydrogen) atoms. The Labute approximate surface area is 159 Å². The molecule has 2 atom stereocenters. The van der Waals surface area contributed by atoms with Crippen LogP contribution in [-0.4, -0.2) is 26.9 Å². The average molecular weight is 375 g/mol. The van der Waals surface area contributed by atoms with E-state index in [0.717, 1.165) is 51.4 Å². The normalized spacial score (nSPS) is 14.9. The fourth-order valence-electron chi connectivity index (χ4n) is 3.30. The van der Waals surface area contributed by atoms with E-state index in [4.69, 9.17) is 0 Å². The number of aliphatic hydroxyl groups is 1. The number of carboxylic acids is 1. The third-order valence-corrected chi connectivity index (χ3v) is 5.31. The van der Waals surface area contributed by atoms with Gasteiger partial charge >= 0.3 is 5.97 Å². The van der Waals surface area contributed by atoms with E-state index in [1.54, 1.807) is 0 Å². The van der Waals surface area contributed by atoms with E-state index in [0.29, 0.717) is 12.8 Å². The molecule has 0 aromatic carbocycles. The lowest BCUT2D eigenvalue weighted by Crippen LogP contribution is -2.48. The van der Waals surface area contributed by atoms with Crippen LogP contribution in [0, 0.1) is 5.92 Å². The van der Waals surface area contributed by atoms with Gasteiger partial charge < -0.3 is 10.2 Å². The molecular formula is C20H38O4S. The maximum Gasteiger partial charge on any atom is 0.336 e. The maximum absolute atomic E-state index is 11.9. The molecule has 0 bridgehead atoms. The fourth-order valence-corrected chi connectivity index (χ4v) is 3.64. The summed E-state index contributed by atoms with van der Waals surface area (Å²) in [4.78, 5) is 23.5. The van der Waals surface area contributed by atoms with Gasteiger partial charge in [-0.05, 0) is 19.3 Å². The smallest absolute Gasteiger partial charge is 0.336 e. The number of carbonyl (C=O) groups excluding carboxylic acids is 1. The lowest BCUT2D eigenvalue weighted by molar-refractivity contribution is -0.168. The number of thiol groups is 1. The number of carbonyl (C=O) groups is 2. The number of hydrogen-bond acceptors (Lipinski definition) is 3. The summed E-state index contributed by atoms with van der Waals surface area (Å²) in [5.74, 6) is -2.21. The quantitative estimate of drug-likeness (QED) is 0.236. The summed E-state index contributed by atoms with van der Waals surface area (Å²) in [6.07, 6.45) is 12.9. The molecule has 0 rings (SSSR count). The molecule has 0 saturated heterocycles. The van der Waals surface area contributed by atoms with Crippen LogP contribution in [0.25, 0.3) is 0 Å². The number of carboxylic acid groups (broad SMARTS) is 1. The van der Waals surface area contributed by atoms with Crippen LogP contribution in [0.15, 0.2) is 0 Å². The zero-order valence-electron chi connectivity index (χ0n) is 16.1. The predicted octanol–water partition coefficient (Wildman–Crippen LogP) is 5.38. The molecule has 0 fully saturated rings. The monoisotopic (exact) mass is 374 g/mol. The third-order valence-electron chi connectivity index (χ3n) is 5.00. The van der Waals surface area contributed by atoms with Gasteiger partial charge in [0.2, 0.25) is 0 Å². The summed E-state index contributed by atoms with van der Waals surface area (Å²) in [7, 11) is 0. The van der Waals surface area contributed by atoms with E-state index in [9.17, 15) is 19.8 Å². The molecule has 4 nitrogen and oxygen atoms in total.